The summed E-state index contributed by atoms with van der Waals surface area (Å²) in [4.78, 5) is 29.3. The van der Waals surface area contributed by atoms with Gasteiger partial charge in [-0.3, -0.25) is 9.59 Å². The summed E-state index contributed by atoms with van der Waals surface area (Å²) in [5, 5.41) is 0. The van der Waals surface area contributed by atoms with Crippen molar-refractivity contribution in [3.63, 3.8) is 0 Å². The monoisotopic (exact) mass is 356 g/mol. The van der Waals surface area contributed by atoms with Crippen LogP contribution in [0.15, 0.2) is 30.3 Å². The number of amides is 2. The zero-order valence-electron chi connectivity index (χ0n) is 15.5. The number of carbonyl (C=O) groups is 2. The van der Waals surface area contributed by atoms with Crippen molar-refractivity contribution in [3.8, 4) is 0 Å². The van der Waals surface area contributed by atoms with Gasteiger partial charge < -0.3 is 14.5 Å². The highest BCUT2D eigenvalue weighted by atomic mass is 16.5. The number of anilines is 1. The number of piperidine rings is 1. The molecule has 140 valence electrons. The minimum absolute atomic E-state index is 0.0243. The number of para-hydroxylation sites is 1. The van der Waals surface area contributed by atoms with Crippen LogP contribution in [0.1, 0.15) is 45.4 Å². The first-order valence-corrected chi connectivity index (χ1v) is 9.86. The fourth-order valence-electron chi connectivity index (χ4n) is 4.74. The number of benzene rings is 1. The first kappa shape index (κ1) is 17.5. The molecule has 5 heteroatoms. The van der Waals surface area contributed by atoms with E-state index in [0.29, 0.717) is 18.9 Å². The summed E-state index contributed by atoms with van der Waals surface area (Å²) in [5.41, 5.74) is 0.496. The number of nitrogens with zero attached hydrogens (tertiary/aromatic N) is 2. The van der Waals surface area contributed by atoms with E-state index in [1.165, 1.54) is 25.7 Å². The van der Waals surface area contributed by atoms with E-state index in [0.717, 1.165) is 18.7 Å². The molecule has 3 aliphatic rings. The summed E-state index contributed by atoms with van der Waals surface area (Å²) in [6, 6.07) is 9.63. The lowest BCUT2D eigenvalue weighted by Crippen LogP contribution is -2.68. The second-order valence-electron chi connectivity index (χ2n) is 8.16. The summed E-state index contributed by atoms with van der Waals surface area (Å²) >= 11 is 0. The van der Waals surface area contributed by atoms with Crippen LogP contribution in [0.2, 0.25) is 0 Å². The van der Waals surface area contributed by atoms with Gasteiger partial charge in [-0.05, 0) is 44.2 Å². The lowest BCUT2D eigenvalue weighted by Gasteiger charge is -2.52. The molecule has 0 spiro atoms. The molecule has 26 heavy (non-hydrogen) atoms. The minimum Gasteiger partial charge on any atom is -0.363 e. The van der Waals surface area contributed by atoms with Crippen LogP contribution in [-0.4, -0.2) is 48.1 Å². The standard InChI is InChI=1S/C21H28N2O3/c1-21-11-12-22(19(24)13-16-7-5-6-8-16)14-18(21)23(20(25)15-26-21)17-9-3-2-4-10-17/h2-4,9-10,16,18H,5-8,11-15H2,1H3/t18-,21-/m1/s1. The van der Waals surface area contributed by atoms with Gasteiger partial charge in [0.15, 0.2) is 0 Å². The van der Waals surface area contributed by atoms with Gasteiger partial charge in [0.2, 0.25) is 5.91 Å². The van der Waals surface area contributed by atoms with Crippen LogP contribution < -0.4 is 4.90 Å². The highest BCUT2D eigenvalue weighted by Crippen LogP contribution is 2.37. The molecule has 0 N–H and O–H groups in total. The number of rotatable bonds is 3. The molecule has 0 aromatic heterocycles. The van der Waals surface area contributed by atoms with Crippen molar-refractivity contribution in [3.05, 3.63) is 30.3 Å². The zero-order chi connectivity index (χ0) is 18.1. The lowest BCUT2D eigenvalue weighted by molar-refractivity contribution is -0.156. The maximum atomic E-state index is 12.8. The Bertz CT molecular complexity index is 671. The molecule has 5 nitrogen and oxygen atoms in total. The highest BCUT2D eigenvalue weighted by Gasteiger charge is 2.50. The van der Waals surface area contributed by atoms with Gasteiger partial charge in [0, 0.05) is 25.2 Å². The van der Waals surface area contributed by atoms with Crippen LogP contribution in [0.5, 0.6) is 0 Å². The number of fused-ring (bicyclic) bond motifs is 1. The van der Waals surface area contributed by atoms with Crippen molar-refractivity contribution in [1.29, 1.82) is 0 Å². The van der Waals surface area contributed by atoms with Gasteiger partial charge in [0.05, 0.1) is 11.6 Å². The summed E-state index contributed by atoms with van der Waals surface area (Å²) in [7, 11) is 0. The Morgan fingerprint density at radius 2 is 1.96 bits per heavy atom. The lowest BCUT2D eigenvalue weighted by atomic mass is 9.84. The van der Waals surface area contributed by atoms with E-state index in [9.17, 15) is 9.59 Å². The van der Waals surface area contributed by atoms with Crippen molar-refractivity contribution >= 4 is 17.5 Å². The van der Waals surface area contributed by atoms with Gasteiger partial charge in [-0.15, -0.1) is 0 Å². The largest absolute Gasteiger partial charge is 0.363 e. The summed E-state index contributed by atoms with van der Waals surface area (Å²) in [5.74, 6) is 0.763. The topological polar surface area (TPSA) is 49.9 Å². The summed E-state index contributed by atoms with van der Waals surface area (Å²) in [6.07, 6.45) is 6.29. The van der Waals surface area contributed by atoms with Gasteiger partial charge in [-0.1, -0.05) is 31.0 Å². The summed E-state index contributed by atoms with van der Waals surface area (Å²) < 4.78 is 5.97. The average Bonchev–Trinajstić information content (AvgIpc) is 3.15. The Labute approximate surface area is 155 Å². The van der Waals surface area contributed by atoms with Gasteiger partial charge in [0.25, 0.3) is 5.91 Å². The molecule has 2 atom stereocenters. The molecule has 3 fully saturated rings. The zero-order valence-corrected chi connectivity index (χ0v) is 15.5. The van der Waals surface area contributed by atoms with Crippen LogP contribution in [0, 0.1) is 5.92 Å². The SMILES string of the molecule is C[C@@]12CCN(C(=O)CC3CCCC3)C[C@H]1N(c1ccccc1)C(=O)CO2. The maximum Gasteiger partial charge on any atom is 0.253 e. The molecular weight excluding hydrogens is 328 g/mol. The predicted octanol–water partition coefficient (Wildman–Crippen LogP) is 2.99. The first-order valence-electron chi connectivity index (χ1n) is 9.86. The van der Waals surface area contributed by atoms with Crippen LogP contribution in [0.25, 0.3) is 0 Å². The average molecular weight is 356 g/mol. The van der Waals surface area contributed by atoms with Crippen molar-refractivity contribution in [2.75, 3.05) is 24.6 Å². The second-order valence-corrected chi connectivity index (χ2v) is 8.16. The molecule has 1 aromatic rings. The first-order chi connectivity index (χ1) is 12.6. The molecule has 0 bridgehead atoms. The van der Waals surface area contributed by atoms with Crippen LogP contribution in [0.4, 0.5) is 5.69 Å². The number of hydrogen-bond donors (Lipinski definition) is 0. The fourth-order valence-corrected chi connectivity index (χ4v) is 4.74. The van der Waals surface area contributed by atoms with E-state index >= 15 is 0 Å². The highest BCUT2D eigenvalue weighted by molar-refractivity contribution is 5.96. The Morgan fingerprint density at radius 1 is 1.23 bits per heavy atom. The molecule has 4 rings (SSSR count). The van der Waals surface area contributed by atoms with E-state index in [4.69, 9.17) is 4.74 Å². The van der Waals surface area contributed by atoms with E-state index in [2.05, 4.69) is 6.92 Å². The third kappa shape index (κ3) is 3.25. The third-order valence-electron chi connectivity index (χ3n) is 6.41. The Hall–Kier alpha value is -1.88. The number of likely N-dealkylation sites (tertiary alicyclic amines) is 1. The van der Waals surface area contributed by atoms with Crippen LogP contribution in [-0.2, 0) is 14.3 Å². The van der Waals surface area contributed by atoms with Crippen molar-refractivity contribution in [2.24, 2.45) is 5.92 Å². The molecular formula is C21H28N2O3. The van der Waals surface area contributed by atoms with E-state index in [1.807, 2.05) is 40.1 Å². The van der Waals surface area contributed by atoms with Gasteiger partial charge in [-0.2, -0.15) is 0 Å². The van der Waals surface area contributed by atoms with E-state index in [-0.39, 0.29) is 24.5 Å². The molecule has 1 aromatic carbocycles. The van der Waals surface area contributed by atoms with Crippen molar-refractivity contribution < 1.29 is 14.3 Å². The number of hydrogen-bond acceptors (Lipinski definition) is 3. The second kappa shape index (κ2) is 7.03. The molecule has 0 radical (unpaired) electrons. The van der Waals surface area contributed by atoms with Crippen molar-refractivity contribution in [2.45, 2.75) is 57.1 Å². The third-order valence-corrected chi connectivity index (χ3v) is 6.41. The van der Waals surface area contributed by atoms with Gasteiger partial charge in [-0.25, -0.2) is 0 Å². The maximum absolute atomic E-state index is 12.8. The molecule has 2 amide bonds. The van der Waals surface area contributed by atoms with Crippen LogP contribution in [0.3, 0.4) is 0 Å². The minimum atomic E-state index is -0.395. The number of ether oxygens (including phenoxy) is 1. The Balaban J connectivity index is 1.54. The molecule has 1 aliphatic carbocycles. The van der Waals surface area contributed by atoms with Crippen molar-refractivity contribution in [1.82, 2.24) is 4.90 Å². The quantitative estimate of drug-likeness (QED) is 0.837. The number of carbonyl (C=O) groups excluding carboxylic acids is 2. The van der Waals surface area contributed by atoms with E-state index in [1.54, 1.807) is 0 Å². The summed E-state index contributed by atoms with van der Waals surface area (Å²) in [6.45, 7) is 3.47. The smallest absolute Gasteiger partial charge is 0.253 e. The van der Waals surface area contributed by atoms with Gasteiger partial charge in [0.1, 0.15) is 6.61 Å². The molecule has 1 saturated carbocycles. The molecule has 2 saturated heterocycles. The fraction of sp³-hybridized carbons (Fsp3) is 0.619. The molecule has 2 heterocycles. The Morgan fingerprint density at radius 3 is 2.69 bits per heavy atom. The predicted molar refractivity (Wildman–Crippen MR) is 99.8 cm³/mol. The normalized spacial score (nSPS) is 29.7. The van der Waals surface area contributed by atoms with Gasteiger partial charge >= 0.3 is 0 Å². The molecule has 0 unspecified atom stereocenters. The Kier molecular flexibility index (Phi) is 4.74. The molecule has 2 aliphatic heterocycles. The number of morpholine rings is 1. The van der Waals surface area contributed by atoms with E-state index < -0.39 is 5.60 Å². The van der Waals surface area contributed by atoms with Crippen LogP contribution >= 0.6 is 0 Å².